The van der Waals surface area contributed by atoms with E-state index in [2.05, 4.69) is 106 Å². The third-order valence-electron chi connectivity index (χ3n) is 12.4. The second-order valence-electron chi connectivity index (χ2n) is 17.9. The highest BCUT2D eigenvalue weighted by molar-refractivity contribution is 7.90. The number of hydrogen-bond acceptors (Lipinski definition) is 4. The molecule has 0 radical (unpaired) electrons. The Morgan fingerprint density at radius 3 is 2.16 bits per heavy atom. The quantitative estimate of drug-likeness (QED) is 0.182. The van der Waals surface area contributed by atoms with Crippen molar-refractivity contribution < 1.29 is 17.3 Å². The monoisotopic (exact) mass is 662 g/mol. The molecule has 0 aromatic rings. The minimum absolute atomic E-state index is 0.0537. The molecule has 0 spiro atoms. The van der Waals surface area contributed by atoms with Crippen LogP contribution in [0, 0.1) is 35.0 Å². The summed E-state index contributed by atoms with van der Waals surface area (Å²) < 4.78 is 37.6. The van der Waals surface area contributed by atoms with Crippen LogP contribution >= 0.6 is 0 Å². The van der Waals surface area contributed by atoms with Gasteiger partial charge in [0.05, 0.1) is 12.2 Å². The molecule has 0 bridgehead atoms. The lowest BCUT2D eigenvalue weighted by Crippen LogP contribution is -2.49. The van der Waals surface area contributed by atoms with Gasteiger partial charge in [-0.25, -0.2) is 8.42 Å². The van der Waals surface area contributed by atoms with Crippen molar-refractivity contribution in [3.8, 4) is 11.8 Å². The number of hydrogen-bond donors (Lipinski definition) is 0. The number of allylic oxidation sites excluding steroid dienone is 2. The van der Waals surface area contributed by atoms with Crippen LogP contribution in [0.1, 0.15) is 114 Å². The summed E-state index contributed by atoms with van der Waals surface area (Å²) in [6.45, 7) is 30.5. The first-order valence-electron chi connectivity index (χ1n) is 17.3. The second-order valence-corrected chi connectivity index (χ2v) is 29.7. The first-order chi connectivity index (χ1) is 19.9. The van der Waals surface area contributed by atoms with Crippen LogP contribution in [-0.4, -0.2) is 49.3 Å². The molecule has 44 heavy (non-hydrogen) atoms. The van der Waals surface area contributed by atoms with Gasteiger partial charge in [0.1, 0.15) is 9.84 Å². The Labute approximate surface area is 274 Å². The first-order valence-corrected chi connectivity index (χ1v) is 25.2. The van der Waals surface area contributed by atoms with E-state index >= 15 is 0 Å². The molecule has 0 saturated heterocycles. The molecule has 252 valence electrons. The summed E-state index contributed by atoms with van der Waals surface area (Å²) in [5.41, 5.74) is 4.10. The fraction of sp³-hybridized carbons (Fsp3) is 0.838. The predicted octanol–water partition coefficient (Wildman–Crippen LogP) is 10.1. The van der Waals surface area contributed by atoms with Gasteiger partial charge in [0.25, 0.3) is 0 Å². The van der Waals surface area contributed by atoms with Gasteiger partial charge < -0.3 is 8.85 Å². The van der Waals surface area contributed by atoms with Gasteiger partial charge in [-0.2, -0.15) is 0 Å². The van der Waals surface area contributed by atoms with Gasteiger partial charge in [0.2, 0.25) is 0 Å². The lowest BCUT2D eigenvalue weighted by Gasteiger charge is -2.45. The summed E-state index contributed by atoms with van der Waals surface area (Å²) in [7, 11) is -6.83. The Balaban J connectivity index is 1.88. The number of sulfone groups is 1. The Kier molecular flexibility index (Phi) is 11.6. The van der Waals surface area contributed by atoms with Crippen LogP contribution in [0.4, 0.5) is 0 Å². The van der Waals surface area contributed by atoms with E-state index in [1.807, 2.05) is 0 Å². The molecule has 0 amide bonds. The largest absolute Gasteiger partial charge is 0.413 e. The normalized spacial score (nSPS) is 29.5. The molecule has 0 unspecified atom stereocenters. The van der Waals surface area contributed by atoms with Crippen LogP contribution in [0.15, 0.2) is 22.8 Å². The fourth-order valence-corrected chi connectivity index (χ4v) is 10.9. The molecule has 0 aromatic carbocycles. The minimum atomic E-state index is -2.90. The molecule has 3 aliphatic carbocycles. The van der Waals surface area contributed by atoms with E-state index in [1.54, 1.807) is 0 Å². The minimum Gasteiger partial charge on any atom is -0.413 e. The third kappa shape index (κ3) is 8.82. The highest BCUT2D eigenvalue weighted by Crippen LogP contribution is 2.58. The average Bonchev–Trinajstić information content (AvgIpc) is 3.20. The average molecular weight is 663 g/mol. The van der Waals surface area contributed by atoms with Crippen molar-refractivity contribution in [2.24, 2.45) is 23.2 Å². The van der Waals surface area contributed by atoms with Gasteiger partial charge in [-0.1, -0.05) is 73.3 Å². The molecule has 3 rings (SSSR count). The molecule has 4 nitrogen and oxygen atoms in total. The van der Waals surface area contributed by atoms with Gasteiger partial charge in [-0.05, 0) is 110 Å². The molecule has 6 atom stereocenters. The maximum absolute atomic E-state index is 11.7. The molecule has 7 heteroatoms. The fourth-order valence-electron chi connectivity index (χ4n) is 7.49. The Morgan fingerprint density at radius 1 is 1.00 bits per heavy atom. The molecular weight excluding hydrogens is 597 g/mol. The van der Waals surface area contributed by atoms with Crippen molar-refractivity contribution in [1.29, 1.82) is 0 Å². The summed E-state index contributed by atoms with van der Waals surface area (Å²) >= 11 is 0. The third-order valence-corrected chi connectivity index (χ3v) is 22.5. The lowest BCUT2D eigenvalue weighted by atomic mass is 9.62. The van der Waals surface area contributed by atoms with Gasteiger partial charge in [-0.15, -0.1) is 0 Å². The summed E-state index contributed by atoms with van der Waals surface area (Å²) in [5.74, 6) is 9.44. The number of rotatable bonds is 9. The van der Waals surface area contributed by atoms with Gasteiger partial charge >= 0.3 is 0 Å². The van der Waals surface area contributed by atoms with Crippen LogP contribution in [-0.2, 0) is 18.7 Å². The SMILES string of the molecule is CC1=C(C#CC2=CCC[C@]3(C)[C@@H]([C@H](C)CCCS(C)(=O)=O)CC[C@@H]23)C[C@@H](O[Si](C)(C)C(C)(C)C)C[C@@H]1O[Si](C)(C)C(C)(C)C. The zero-order valence-electron chi connectivity index (χ0n) is 30.9. The summed E-state index contributed by atoms with van der Waals surface area (Å²) in [6, 6.07) is 0. The standard InChI is InChI=1S/C37H66O4SSi2/c1-27(17-16-24-42(10,38)39)32-21-22-33-29(18-15-23-37(32,33)9)19-20-30-25-31(40-43(11,12)35(3,4)5)26-34(28(30)2)41-44(13,14)36(6,7)8/h18,27,31-34H,15-17,21-26H2,1-14H3/t27-,31-,32-,33+,34+,37-/m1/s1. The molecule has 0 aromatic heterocycles. The molecule has 1 saturated carbocycles. The summed E-state index contributed by atoms with van der Waals surface area (Å²) in [4.78, 5) is 0. The first kappa shape index (κ1) is 37.8. The van der Waals surface area contributed by atoms with E-state index in [9.17, 15) is 8.42 Å². The van der Waals surface area contributed by atoms with Gasteiger partial charge in [0, 0.05) is 36.0 Å². The van der Waals surface area contributed by atoms with E-state index in [1.165, 1.54) is 42.2 Å². The summed E-state index contributed by atoms with van der Waals surface area (Å²) in [6.07, 6.45) is 12.2. The van der Waals surface area contributed by atoms with Crippen molar-refractivity contribution in [2.45, 2.75) is 162 Å². The van der Waals surface area contributed by atoms with E-state index in [0.29, 0.717) is 23.5 Å². The number of fused-ring (bicyclic) bond motifs is 1. The second kappa shape index (κ2) is 13.5. The smallest absolute Gasteiger partial charge is 0.192 e. The van der Waals surface area contributed by atoms with Crippen molar-refractivity contribution >= 4 is 26.5 Å². The Hall–Kier alpha value is -0.656. The topological polar surface area (TPSA) is 52.6 Å². The van der Waals surface area contributed by atoms with E-state index in [4.69, 9.17) is 8.85 Å². The van der Waals surface area contributed by atoms with E-state index in [0.717, 1.165) is 32.1 Å². The van der Waals surface area contributed by atoms with Crippen LogP contribution in [0.2, 0.25) is 36.3 Å². The molecule has 0 aliphatic heterocycles. The van der Waals surface area contributed by atoms with Crippen molar-refractivity contribution in [2.75, 3.05) is 12.0 Å². The maximum Gasteiger partial charge on any atom is 0.192 e. The van der Waals surface area contributed by atoms with Crippen molar-refractivity contribution in [3.05, 3.63) is 22.8 Å². The van der Waals surface area contributed by atoms with Crippen LogP contribution in [0.25, 0.3) is 0 Å². The Morgan fingerprint density at radius 2 is 1.59 bits per heavy atom. The van der Waals surface area contributed by atoms with Crippen LogP contribution in [0.5, 0.6) is 0 Å². The van der Waals surface area contributed by atoms with Crippen molar-refractivity contribution in [3.63, 3.8) is 0 Å². The molecule has 3 aliphatic rings. The van der Waals surface area contributed by atoms with E-state index < -0.39 is 26.5 Å². The zero-order chi connectivity index (χ0) is 33.5. The molecular formula is C37H66O4SSi2. The Bertz CT molecular complexity index is 1270. The molecule has 0 N–H and O–H groups in total. The van der Waals surface area contributed by atoms with Gasteiger partial charge in [0.15, 0.2) is 16.6 Å². The van der Waals surface area contributed by atoms with E-state index in [-0.39, 0.29) is 27.7 Å². The highest BCUT2D eigenvalue weighted by Gasteiger charge is 2.50. The predicted molar refractivity (Wildman–Crippen MR) is 194 cm³/mol. The maximum atomic E-state index is 11.7. The van der Waals surface area contributed by atoms with Crippen LogP contribution in [0.3, 0.4) is 0 Å². The van der Waals surface area contributed by atoms with Crippen molar-refractivity contribution in [1.82, 2.24) is 0 Å². The molecule has 1 fully saturated rings. The van der Waals surface area contributed by atoms with Crippen LogP contribution < -0.4 is 0 Å². The highest BCUT2D eigenvalue weighted by atomic mass is 32.2. The zero-order valence-corrected chi connectivity index (χ0v) is 33.7. The van der Waals surface area contributed by atoms with Gasteiger partial charge in [-0.3, -0.25) is 0 Å². The lowest BCUT2D eigenvalue weighted by molar-refractivity contribution is 0.0988. The molecule has 0 heterocycles. The summed E-state index contributed by atoms with van der Waals surface area (Å²) in [5, 5.41) is 0.299.